The van der Waals surface area contributed by atoms with E-state index in [1.165, 1.54) is 12.1 Å². The lowest BCUT2D eigenvalue weighted by atomic mass is 9.89. The Hall–Kier alpha value is -3.91. The predicted octanol–water partition coefficient (Wildman–Crippen LogP) is 5.94. The maximum Gasteiger partial charge on any atom is 0.269 e. The maximum absolute atomic E-state index is 12.8. The van der Waals surface area contributed by atoms with E-state index in [0.717, 1.165) is 54.8 Å². The molecule has 65 heavy (non-hydrogen) atoms. The Balaban J connectivity index is -0.000000917. The quantitative estimate of drug-likeness (QED) is 0.0280. The molecule has 1 saturated heterocycles. The molecule has 1 aliphatic rings. The number of aldehydes is 2. The maximum atomic E-state index is 12.8. The molecule has 1 fully saturated rings. The number of carbonyl (C=O) groups is 4. The molecule has 0 aromatic heterocycles. The minimum Gasteiger partial charge on any atom is -0.379 e. The zero-order valence-electron chi connectivity index (χ0n) is 42.7. The summed E-state index contributed by atoms with van der Waals surface area (Å²) in [7, 11) is 14.7. The van der Waals surface area contributed by atoms with Crippen molar-refractivity contribution in [2.45, 2.75) is 136 Å². The standard InChI is InChI=1S/C24H44N2O4.C12H19N3O3.C7H17N.C2H4FNO.C2H5NO/c1-9-18(4)24(25(6)23(28)15-17(2)3)22(30-8)16-19(5)26-13-10-11-20(26)21(29-7)12-14-27;1-9(14-3)12(18-8-13-2)10-4-6-11(7-5-10)15(16)17;1-6(2)7(3)8(4)5;3-4-1-2-5;1-3-2-4/h14,17-18,20-22,24H,5,9-13,15-16H2,1-4,6-8H3;4-7,9,12-14H,8H2,1-3H3;6-7H,1-5H3;2,4H,1H2;2H,1H3,(H,3,4)/t;9-,12?;;;/m.1.../s1. The molecule has 2 rings (SSSR count). The molecule has 18 heteroatoms. The van der Waals surface area contributed by atoms with Gasteiger partial charge in [-0.05, 0) is 90.3 Å². The highest BCUT2D eigenvalue weighted by Gasteiger charge is 2.37. The number of non-ortho nitro benzene ring substituents is 1. The van der Waals surface area contributed by atoms with Crippen LogP contribution in [-0.2, 0) is 33.4 Å². The normalized spacial score (nSPS) is 16.2. The van der Waals surface area contributed by atoms with E-state index in [2.05, 4.69) is 94.9 Å². The second kappa shape index (κ2) is 39.3. The Morgan fingerprint density at radius 3 is 1.92 bits per heavy atom. The molecule has 1 aromatic rings. The largest absolute Gasteiger partial charge is 0.379 e. The number of nitrogens with one attached hydrogen (secondary N) is 4. The van der Waals surface area contributed by atoms with E-state index >= 15 is 0 Å². The van der Waals surface area contributed by atoms with E-state index in [1.807, 2.05) is 25.9 Å². The third-order valence-corrected chi connectivity index (χ3v) is 11.3. The number of likely N-dealkylation sites (tertiary alicyclic amines) is 1. The predicted molar refractivity (Wildman–Crippen MR) is 259 cm³/mol. The van der Waals surface area contributed by atoms with Crippen LogP contribution in [0.4, 0.5) is 10.2 Å². The number of amides is 2. The van der Waals surface area contributed by atoms with Crippen molar-refractivity contribution in [2.75, 3.05) is 76.3 Å². The molecule has 17 nitrogen and oxygen atoms in total. The first kappa shape index (κ1) is 65.4. The number of hydrogen-bond acceptors (Lipinski definition) is 14. The van der Waals surface area contributed by atoms with E-state index in [4.69, 9.17) is 23.8 Å². The lowest BCUT2D eigenvalue weighted by molar-refractivity contribution is -0.384. The Labute approximate surface area is 391 Å². The Bertz CT molecular complexity index is 1400. The van der Waals surface area contributed by atoms with Gasteiger partial charge in [0.1, 0.15) is 12.6 Å². The summed E-state index contributed by atoms with van der Waals surface area (Å²) in [5.41, 5.74) is 3.15. The van der Waals surface area contributed by atoms with Crippen LogP contribution in [0.15, 0.2) is 36.5 Å². The van der Waals surface area contributed by atoms with Crippen LogP contribution in [0.5, 0.6) is 0 Å². The van der Waals surface area contributed by atoms with Crippen molar-refractivity contribution >= 4 is 30.6 Å². The summed E-state index contributed by atoms with van der Waals surface area (Å²) in [6.07, 6.45) is 6.18. The summed E-state index contributed by atoms with van der Waals surface area (Å²) in [6.45, 7) is 22.7. The summed E-state index contributed by atoms with van der Waals surface area (Å²) in [4.78, 5) is 58.7. The Morgan fingerprint density at radius 2 is 1.57 bits per heavy atom. The third kappa shape index (κ3) is 27.4. The van der Waals surface area contributed by atoms with E-state index in [-0.39, 0.29) is 54.6 Å². The number of rotatable bonds is 26. The van der Waals surface area contributed by atoms with Crippen LogP contribution in [0.3, 0.4) is 0 Å². The van der Waals surface area contributed by atoms with Gasteiger partial charge in [-0.2, -0.15) is 5.54 Å². The van der Waals surface area contributed by atoms with Crippen LogP contribution in [0.2, 0.25) is 0 Å². The molecule has 0 aliphatic carbocycles. The lowest BCUT2D eigenvalue weighted by Crippen LogP contribution is -2.50. The van der Waals surface area contributed by atoms with Gasteiger partial charge in [-0.3, -0.25) is 25.0 Å². The molecule has 1 aromatic carbocycles. The highest BCUT2D eigenvalue weighted by atomic mass is 19.2. The SMILES string of the molecule is C=C(CC(OC)C(C(C)CC)N(C)C(=O)CC(C)C)N1CCCC1C(CC=O)OC.CC(C)C(C)N(C)C.CNC=O.CNCOC(c1ccc([N+](=O)[O-])cc1)[C@@H](C)NC.O=CCNF. The van der Waals surface area contributed by atoms with Gasteiger partial charge in [0.05, 0.1) is 48.6 Å². The van der Waals surface area contributed by atoms with E-state index < -0.39 is 4.92 Å². The van der Waals surface area contributed by atoms with Gasteiger partial charge in [0, 0.05) is 84.0 Å². The molecule has 7 unspecified atom stereocenters. The second-order valence-electron chi connectivity index (χ2n) is 17.0. The van der Waals surface area contributed by atoms with Crippen LogP contribution in [0, 0.1) is 27.9 Å². The van der Waals surface area contributed by atoms with Crippen molar-refractivity contribution < 1.29 is 42.8 Å². The Kier molecular flexibility index (Phi) is 39.5. The van der Waals surface area contributed by atoms with Crippen molar-refractivity contribution in [1.82, 2.24) is 36.2 Å². The third-order valence-electron chi connectivity index (χ3n) is 11.3. The number of ether oxygens (including phenoxy) is 3. The van der Waals surface area contributed by atoms with E-state index in [9.17, 15) is 24.2 Å². The van der Waals surface area contributed by atoms with Crippen LogP contribution in [0.25, 0.3) is 0 Å². The number of methoxy groups -OCH3 is 2. The van der Waals surface area contributed by atoms with Crippen molar-refractivity contribution in [1.29, 1.82) is 0 Å². The fourth-order valence-corrected chi connectivity index (χ4v) is 6.94. The van der Waals surface area contributed by atoms with Crippen molar-refractivity contribution in [2.24, 2.45) is 17.8 Å². The molecule has 378 valence electrons. The van der Waals surface area contributed by atoms with Gasteiger partial charge >= 0.3 is 0 Å². The minimum atomic E-state index is -0.408. The number of nitro benzene ring substituents is 1. The first-order valence-electron chi connectivity index (χ1n) is 22.6. The van der Waals surface area contributed by atoms with Crippen LogP contribution >= 0.6 is 0 Å². The minimum absolute atomic E-state index is 0.0164. The van der Waals surface area contributed by atoms with Crippen molar-refractivity contribution in [3.63, 3.8) is 0 Å². The summed E-state index contributed by atoms with van der Waals surface area (Å²) in [6, 6.07) is 7.40. The van der Waals surface area contributed by atoms with Gasteiger partial charge in [0.25, 0.3) is 5.69 Å². The Morgan fingerprint density at radius 1 is 0.985 bits per heavy atom. The summed E-state index contributed by atoms with van der Waals surface area (Å²) >= 11 is 0. The van der Waals surface area contributed by atoms with E-state index in [0.29, 0.717) is 56.6 Å². The zero-order chi connectivity index (χ0) is 50.7. The van der Waals surface area contributed by atoms with Crippen molar-refractivity contribution in [3.05, 3.63) is 52.2 Å². The second-order valence-corrected chi connectivity index (χ2v) is 17.0. The summed E-state index contributed by atoms with van der Waals surface area (Å²) in [5, 5.41) is 18.9. The number of halogens is 1. The fraction of sp³-hybridized carbons (Fsp3) is 0.745. The number of nitro groups is 1. The molecule has 1 aliphatic heterocycles. The molecule has 0 saturated carbocycles. The van der Waals surface area contributed by atoms with Gasteiger partial charge in [-0.15, -0.1) is 4.48 Å². The van der Waals surface area contributed by atoms with Gasteiger partial charge < -0.3 is 49.1 Å². The first-order valence-corrected chi connectivity index (χ1v) is 22.6. The number of likely N-dealkylation sites (N-methyl/N-ethyl adjacent to an activating group) is 2. The van der Waals surface area contributed by atoms with Crippen LogP contribution < -0.4 is 21.5 Å². The monoisotopic (exact) mass is 929 g/mol. The average molecular weight is 929 g/mol. The van der Waals surface area contributed by atoms with Gasteiger partial charge in [0.2, 0.25) is 12.3 Å². The molecule has 0 spiro atoms. The molecule has 1 heterocycles. The number of hydrogen-bond donors (Lipinski definition) is 4. The molecular weight excluding hydrogens is 840 g/mol. The van der Waals surface area contributed by atoms with Crippen LogP contribution in [0.1, 0.15) is 106 Å². The first-order chi connectivity index (χ1) is 30.7. The average Bonchev–Trinajstić information content (AvgIpc) is 3.78. The fourth-order valence-electron chi connectivity index (χ4n) is 6.94. The molecule has 2 amide bonds. The highest BCUT2D eigenvalue weighted by molar-refractivity contribution is 5.76. The number of benzene rings is 1. The molecule has 0 radical (unpaired) electrons. The smallest absolute Gasteiger partial charge is 0.269 e. The summed E-state index contributed by atoms with van der Waals surface area (Å²) < 4.78 is 27.7. The van der Waals surface area contributed by atoms with Crippen LogP contribution in [-0.4, -0.2) is 157 Å². The summed E-state index contributed by atoms with van der Waals surface area (Å²) in [5.74, 6) is 1.56. The number of nitrogens with zero attached hydrogens (tertiary/aromatic N) is 4. The van der Waals surface area contributed by atoms with Gasteiger partial charge in [-0.25, -0.2) is 0 Å². The zero-order valence-corrected chi connectivity index (χ0v) is 42.7. The molecule has 8 atom stereocenters. The molecule has 4 N–H and O–H groups in total. The topological polar surface area (TPSA) is 197 Å². The molecule has 0 bridgehead atoms. The number of carbonyl (C=O) groups excluding carboxylic acids is 4. The molecular formula is C47H89FN8O9. The lowest BCUT2D eigenvalue weighted by Gasteiger charge is -2.40. The van der Waals surface area contributed by atoms with E-state index in [1.54, 1.807) is 40.4 Å². The highest BCUT2D eigenvalue weighted by Crippen LogP contribution is 2.31. The van der Waals surface area contributed by atoms with Gasteiger partial charge in [-0.1, -0.05) is 54.5 Å². The van der Waals surface area contributed by atoms with Crippen molar-refractivity contribution in [3.8, 4) is 0 Å². The van der Waals surface area contributed by atoms with Gasteiger partial charge in [0.15, 0.2) is 0 Å².